The monoisotopic (exact) mass is 155 g/mol. The predicted octanol–water partition coefficient (Wildman–Crippen LogP) is 2.42. The maximum atomic E-state index is 3.42. The van der Waals surface area contributed by atoms with Crippen LogP contribution in [0, 0.1) is 11.3 Å². The van der Waals surface area contributed by atoms with Gasteiger partial charge in [-0.25, -0.2) is 0 Å². The van der Waals surface area contributed by atoms with Crippen LogP contribution in [0.3, 0.4) is 0 Å². The summed E-state index contributed by atoms with van der Waals surface area (Å²) in [7, 11) is 0. The molecule has 2 rings (SSSR count). The molecule has 11 heavy (non-hydrogen) atoms. The second-order valence-electron chi connectivity index (χ2n) is 3.84. The number of hydrogen-bond donors (Lipinski definition) is 1. The van der Waals surface area contributed by atoms with Gasteiger partial charge in [0.05, 0.1) is 0 Å². The minimum Gasteiger partial charge on any atom is -0.316 e. The van der Waals surface area contributed by atoms with Crippen molar-refractivity contribution in [3.8, 4) is 0 Å². The van der Waals surface area contributed by atoms with Crippen molar-refractivity contribution in [3.05, 3.63) is 0 Å². The van der Waals surface area contributed by atoms with Gasteiger partial charge in [-0.1, -0.05) is 20.8 Å². The molecule has 0 aromatic carbocycles. The van der Waals surface area contributed by atoms with Crippen molar-refractivity contribution in [2.75, 3.05) is 13.1 Å². The zero-order valence-corrected chi connectivity index (χ0v) is 8.11. The van der Waals surface area contributed by atoms with E-state index in [0.717, 1.165) is 11.3 Å². The van der Waals surface area contributed by atoms with Crippen LogP contribution in [0.15, 0.2) is 0 Å². The van der Waals surface area contributed by atoms with Gasteiger partial charge in [-0.15, -0.1) is 0 Å². The van der Waals surface area contributed by atoms with Crippen molar-refractivity contribution in [1.82, 2.24) is 5.32 Å². The van der Waals surface area contributed by atoms with Crippen LogP contribution in [0.25, 0.3) is 0 Å². The molecule has 1 heterocycles. The average molecular weight is 155 g/mol. The van der Waals surface area contributed by atoms with Gasteiger partial charge < -0.3 is 5.32 Å². The molecule has 66 valence electrons. The molecular weight excluding hydrogens is 134 g/mol. The van der Waals surface area contributed by atoms with E-state index in [1.165, 1.54) is 32.4 Å². The molecule has 0 radical (unpaired) electrons. The quantitative estimate of drug-likeness (QED) is 0.613. The van der Waals surface area contributed by atoms with Crippen molar-refractivity contribution in [2.24, 2.45) is 11.3 Å². The minimum absolute atomic E-state index is 0.767. The highest BCUT2D eigenvalue weighted by atomic mass is 14.9. The largest absolute Gasteiger partial charge is 0.316 e. The second kappa shape index (κ2) is 3.57. The third-order valence-electron chi connectivity index (χ3n) is 3.08. The molecule has 1 saturated heterocycles. The Morgan fingerprint density at radius 2 is 1.91 bits per heavy atom. The van der Waals surface area contributed by atoms with Crippen LogP contribution in [0.2, 0.25) is 0 Å². The Bertz CT molecular complexity index is 110. The van der Waals surface area contributed by atoms with E-state index in [2.05, 4.69) is 12.2 Å². The molecular formula is C10H21N. The summed E-state index contributed by atoms with van der Waals surface area (Å²) in [5, 5.41) is 3.42. The Morgan fingerprint density at radius 3 is 2.27 bits per heavy atom. The van der Waals surface area contributed by atoms with Crippen molar-refractivity contribution >= 4 is 0 Å². The predicted molar refractivity (Wildman–Crippen MR) is 49.7 cm³/mol. The van der Waals surface area contributed by atoms with Crippen LogP contribution in [0.4, 0.5) is 0 Å². The minimum atomic E-state index is 0.767. The molecule has 1 atom stereocenters. The third kappa shape index (κ3) is 1.96. The lowest BCUT2D eigenvalue weighted by molar-refractivity contribution is 0.364. The maximum absolute atomic E-state index is 3.42. The van der Waals surface area contributed by atoms with Crippen LogP contribution in [0.5, 0.6) is 0 Å². The van der Waals surface area contributed by atoms with E-state index < -0.39 is 0 Å². The van der Waals surface area contributed by atoms with E-state index in [-0.39, 0.29) is 0 Å². The molecule has 0 bridgehead atoms. The van der Waals surface area contributed by atoms with Crippen molar-refractivity contribution in [2.45, 2.75) is 40.0 Å². The summed E-state index contributed by atoms with van der Waals surface area (Å²) in [6.07, 6.45) is 4.40. The molecule has 2 aliphatic rings. The normalized spacial score (nSPS) is 32.5. The highest BCUT2D eigenvalue weighted by Crippen LogP contribution is 2.53. The van der Waals surface area contributed by atoms with Crippen molar-refractivity contribution < 1.29 is 0 Å². The van der Waals surface area contributed by atoms with Gasteiger partial charge in [0.1, 0.15) is 0 Å². The van der Waals surface area contributed by atoms with E-state index >= 15 is 0 Å². The topological polar surface area (TPSA) is 12.0 Å². The molecule has 0 unspecified atom stereocenters. The summed E-state index contributed by atoms with van der Waals surface area (Å²) < 4.78 is 0. The van der Waals surface area contributed by atoms with Gasteiger partial charge in [-0.3, -0.25) is 0 Å². The molecule has 0 aromatic heterocycles. The Kier molecular flexibility index (Phi) is 2.94. The molecule has 0 aromatic rings. The van der Waals surface area contributed by atoms with Crippen molar-refractivity contribution in [3.63, 3.8) is 0 Å². The molecule has 2 fully saturated rings. The Hall–Kier alpha value is -0.0400. The SMILES string of the molecule is CC.CC1([C@@H]2CCNC2)CC1. The lowest BCUT2D eigenvalue weighted by atomic mass is 9.90. The molecule has 1 saturated carbocycles. The number of hydrogen-bond acceptors (Lipinski definition) is 1. The summed E-state index contributed by atoms with van der Waals surface area (Å²) in [6.45, 7) is 8.99. The Balaban J connectivity index is 0.000000281. The fourth-order valence-corrected chi connectivity index (χ4v) is 1.85. The molecule has 1 nitrogen and oxygen atoms in total. The smallest absolute Gasteiger partial charge is 0.00148 e. The van der Waals surface area contributed by atoms with E-state index in [4.69, 9.17) is 0 Å². The molecule has 1 aliphatic heterocycles. The highest BCUT2D eigenvalue weighted by molar-refractivity contribution is 4.97. The summed E-state index contributed by atoms with van der Waals surface area (Å²) in [4.78, 5) is 0. The van der Waals surface area contributed by atoms with Crippen molar-refractivity contribution in [1.29, 1.82) is 0 Å². The van der Waals surface area contributed by atoms with Gasteiger partial charge in [0.15, 0.2) is 0 Å². The highest BCUT2D eigenvalue weighted by Gasteiger charge is 2.45. The number of rotatable bonds is 1. The second-order valence-corrected chi connectivity index (χ2v) is 3.84. The summed E-state index contributed by atoms with van der Waals surface area (Å²) in [5.74, 6) is 1.01. The first-order chi connectivity index (χ1) is 5.31. The standard InChI is InChI=1S/C8H15N.C2H6/c1-8(3-4-8)7-2-5-9-6-7;1-2/h7,9H,2-6H2,1H3;1-2H3/t7-;/m1./s1. The van der Waals surface area contributed by atoms with Crippen LogP contribution in [-0.4, -0.2) is 13.1 Å². The fraction of sp³-hybridized carbons (Fsp3) is 1.00. The van der Waals surface area contributed by atoms with E-state index in [0.29, 0.717) is 0 Å². The summed E-state index contributed by atoms with van der Waals surface area (Å²) in [6, 6.07) is 0. The first-order valence-corrected chi connectivity index (χ1v) is 5.02. The summed E-state index contributed by atoms with van der Waals surface area (Å²) >= 11 is 0. The van der Waals surface area contributed by atoms with Gasteiger partial charge in [-0.05, 0) is 43.7 Å². The van der Waals surface area contributed by atoms with Crippen LogP contribution in [0.1, 0.15) is 40.0 Å². The lowest BCUT2D eigenvalue weighted by Crippen LogP contribution is -2.15. The van der Waals surface area contributed by atoms with Gasteiger partial charge in [0.25, 0.3) is 0 Å². The van der Waals surface area contributed by atoms with Gasteiger partial charge in [0.2, 0.25) is 0 Å². The molecule has 1 aliphatic carbocycles. The van der Waals surface area contributed by atoms with Gasteiger partial charge in [0, 0.05) is 0 Å². The number of nitrogens with one attached hydrogen (secondary N) is 1. The Labute approximate surface area is 70.6 Å². The Morgan fingerprint density at radius 1 is 1.27 bits per heavy atom. The molecule has 1 heteroatoms. The summed E-state index contributed by atoms with van der Waals surface area (Å²) in [5.41, 5.74) is 0.767. The zero-order chi connectivity index (χ0) is 8.32. The van der Waals surface area contributed by atoms with E-state index in [1.54, 1.807) is 0 Å². The van der Waals surface area contributed by atoms with Gasteiger partial charge >= 0.3 is 0 Å². The van der Waals surface area contributed by atoms with Crippen LogP contribution >= 0.6 is 0 Å². The first kappa shape index (κ1) is 9.05. The molecule has 0 spiro atoms. The van der Waals surface area contributed by atoms with E-state index in [9.17, 15) is 0 Å². The zero-order valence-electron chi connectivity index (χ0n) is 8.11. The third-order valence-corrected chi connectivity index (χ3v) is 3.08. The van der Waals surface area contributed by atoms with Crippen LogP contribution in [-0.2, 0) is 0 Å². The van der Waals surface area contributed by atoms with Gasteiger partial charge in [-0.2, -0.15) is 0 Å². The van der Waals surface area contributed by atoms with Crippen LogP contribution < -0.4 is 5.32 Å². The molecule has 1 N–H and O–H groups in total. The van der Waals surface area contributed by atoms with E-state index in [1.807, 2.05) is 13.8 Å². The fourth-order valence-electron chi connectivity index (χ4n) is 1.85. The molecule has 0 amide bonds. The lowest BCUT2D eigenvalue weighted by Gasteiger charge is -2.15. The maximum Gasteiger partial charge on any atom is -0.00148 e. The average Bonchev–Trinajstić information content (AvgIpc) is 2.59. The first-order valence-electron chi connectivity index (χ1n) is 5.02.